The molecule has 3 aromatic carbocycles. The van der Waals surface area contributed by atoms with Crippen LogP contribution in [0.15, 0.2) is 72.8 Å². The Morgan fingerprint density at radius 1 is 1.03 bits per heavy atom. The topological polar surface area (TPSA) is 98.3 Å². The number of nitro groups is 1. The quantitative estimate of drug-likeness (QED) is 0.224. The molecule has 4 rings (SSSR count). The van der Waals surface area contributed by atoms with Gasteiger partial charge >= 0.3 is 0 Å². The summed E-state index contributed by atoms with van der Waals surface area (Å²) in [6, 6.07) is 20.7. The van der Waals surface area contributed by atoms with Gasteiger partial charge in [-0.05, 0) is 18.1 Å². The second-order valence-electron chi connectivity index (χ2n) is 6.66. The average molecular weight is 387 g/mol. The van der Waals surface area contributed by atoms with E-state index in [2.05, 4.69) is 4.98 Å². The van der Waals surface area contributed by atoms with Gasteiger partial charge in [0.1, 0.15) is 5.52 Å². The van der Waals surface area contributed by atoms with Gasteiger partial charge < -0.3 is 5.21 Å². The lowest BCUT2D eigenvalue weighted by molar-refractivity contribution is -0.384. The minimum atomic E-state index is -0.516. The molecule has 29 heavy (non-hydrogen) atoms. The molecule has 0 spiro atoms. The molecule has 1 aromatic heterocycles. The number of aryl methyl sites for hydroxylation is 1. The van der Waals surface area contributed by atoms with Crippen LogP contribution in [0.2, 0.25) is 0 Å². The van der Waals surface area contributed by atoms with Crippen LogP contribution in [-0.2, 0) is 6.42 Å². The molecule has 0 aliphatic carbocycles. The van der Waals surface area contributed by atoms with Crippen molar-refractivity contribution in [3.05, 3.63) is 94.0 Å². The molecule has 0 radical (unpaired) electrons. The Labute approximate surface area is 166 Å². The van der Waals surface area contributed by atoms with E-state index >= 15 is 0 Å². The standard InChI is InChI=1S/C22H17N3O4/c26-21(16-4-2-1-3-5-16)13-8-15-6-9-17(10-7-15)22-23-19-12-11-18(25(28)29)14-20(19)24(22)27/h1-7,9-12,14,27H,8,13H2. The van der Waals surface area contributed by atoms with Crippen molar-refractivity contribution in [2.75, 3.05) is 0 Å². The zero-order valence-corrected chi connectivity index (χ0v) is 15.4. The van der Waals surface area contributed by atoms with Gasteiger partial charge in [0.2, 0.25) is 0 Å². The van der Waals surface area contributed by atoms with Gasteiger partial charge in [0.15, 0.2) is 11.6 Å². The number of carbonyl (C=O) groups is 1. The number of non-ortho nitro benzene ring substituents is 1. The Hall–Kier alpha value is -4.00. The summed E-state index contributed by atoms with van der Waals surface area (Å²) in [6.07, 6.45) is 1.02. The third-order valence-corrected chi connectivity index (χ3v) is 4.77. The molecule has 1 heterocycles. The van der Waals surface area contributed by atoms with Gasteiger partial charge in [0.25, 0.3) is 5.69 Å². The number of hydrogen-bond donors (Lipinski definition) is 1. The molecular formula is C22H17N3O4. The highest BCUT2D eigenvalue weighted by molar-refractivity contribution is 5.96. The lowest BCUT2D eigenvalue weighted by atomic mass is 10.0. The summed E-state index contributed by atoms with van der Waals surface area (Å²) in [6.45, 7) is 0. The number of rotatable bonds is 6. The number of nitrogens with zero attached hydrogens (tertiary/aromatic N) is 3. The van der Waals surface area contributed by atoms with Crippen LogP contribution < -0.4 is 0 Å². The van der Waals surface area contributed by atoms with E-state index in [-0.39, 0.29) is 17.0 Å². The van der Waals surface area contributed by atoms with E-state index < -0.39 is 4.92 Å². The molecule has 0 fully saturated rings. The zero-order chi connectivity index (χ0) is 20.4. The summed E-state index contributed by atoms with van der Waals surface area (Å²) in [5.74, 6) is 0.390. The van der Waals surface area contributed by atoms with E-state index in [0.717, 1.165) is 10.3 Å². The molecule has 0 aliphatic rings. The fourth-order valence-corrected chi connectivity index (χ4v) is 3.20. The predicted octanol–water partition coefficient (Wildman–Crippen LogP) is 4.66. The fraction of sp³-hybridized carbons (Fsp3) is 0.0909. The van der Waals surface area contributed by atoms with Gasteiger partial charge in [0, 0.05) is 29.7 Å². The van der Waals surface area contributed by atoms with Gasteiger partial charge in [-0.3, -0.25) is 14.9 Å². The van der Waals surface area contributed by atoms with Crippen LogP contribution in [0.5, 0.6) is 0 Å². The number of benzene rings is 3. The van der Waals surface area contributed by atoms with Crippen molar-refractivity contribution in [1.29, 1.82) is 0 Å². The Kier molecular flexibility index (Phi) is 4.78. The largest absolute Gasteiger partial charge is 0.426 e. The summed E-state index contributed by atoms with van der Waals surface area (Å²) >= 11 is 0. The number of ketones is 1. The first-order valence-corrected chi connectivity index (χ1v) is 9.06. The highest BCUT2D eigenvalue weighted by atomic mass is 16.6. The van der Waals surface area contributed by atoms with Crippen molar-refractivity contribution in [2.45, 2.75) is 12.8 Å². The first-order valence-electron chi connectivity index (χ1n) is 9.06. The van der Waals surface area contributed by atoms with Crippen molar-refractivity contribution in [1.82, 2.24) is 9.71 Å². The van der Waals surface area contributed by atoms with Crippen LogP contribution in [0.25, 0.3) is 22.4 Å². The molecule has 7 heteroatoms. The Morgan fingerprint density at radius 2 is 1.76 bits per heavy atom. The maximum atomic E-state index is 12.2. The summed E-state index contributed by atoms with van der Waals surface area (Å²) < 4.78 is 0.857. The average Bonchev–Trinajstić information content (AvgIpc) is 3.09. The molecule has 0 saturated heterocycles. The molecule has 4 aromatic rings. The lowest BCUT2D eigenvalue weighted by Crippen LogP contribution is -2.01. The second kappa shape index (κ2) is 7.55. The molecule has 1 N–H and O–H groups in total. The predicted molar refractivity (Wildman–Crippen MR) is 108 cm³/mol. The van der Waals surface area contributed by atoms with Gasteiger partial charge in [-0.2, -0.15) is 4.73 Å². The van der Waals surface area contributed by atoms with Crippen LogP contribution in [0.3, 0.4) is 0 Å². The van der Waals surface area contributed by atoms with Crippen molar-refractivity contribution in [2.24, 2.45) is 0 Å². The fourth-order valence-electron chi connectivity index (χ4n) is 3.20. The first kappa shape index (κ1) is 18.4. The maximum absolute atomic E-state index is 12.2. The molecule has 0 aliphatic heterocycles. The Balaban J connectivity index is 1.52. The highest BCUT2D eigenvalue weighted by Gasteiger charge is 2.16. The summed E-state index contributed by atoms with van der Waals surface area (Å²) in [7, 11) is 0. The van der Waals surface area contributed by atoms with Crippen LogP contribution in [0, 0.1) is 10.1 Å². The SMILES string of the molecule is O=C(CCc1ccc(-c2nc3ccc([N+](=O)[O-])cc3n2O)cc1)c1ccccc1. The number of hydrogen-bond acceptors (Lipinski definition) is 5. The zero-order valence-electron chi connectivity index (χ0n) is 15.4. The number of fused-ring (bicyclic) bond motifs is 1. The third-order valence-electron chi connectivity index (χ3n) is 4.77. The summed E-state index contributed by atoms with van der Waals surface area (Å²) in [5, 5.41) is 21.3. The summed E-state index contributed by atoms with van der Waals surface area (Å²) in [5.41, 5.74) is 2.99. The van der Waals surface area contributed by atoms with E-state index in [9.17, 15) is 20.1 Å². The van der Waals surface area contributed by atoms with Gasteiger partial charge in [0.05, 0.1) is 10.4 Å². The van der Waals surface area contributed by atoms with E-state index in [1.165, 1.54) is 18.2 Å². The van der Waals surface area contributed by atoms with Crippen molar-refractivity contribution >= 4 is 22.5 Å². The van der Waals surface area contributed by atoms with Gasteiger partial charge in [-0.15, -0.1) is 0 Å². The monoisotopic (exact) mass is 387 g/mol. The van der Waals surface area contributed by atoms with Crippen LogP contribution >= 0.6 is 0 Å². The van der Waals surface area contributed by atoms with Gasteiger partial charge in [-0.1, -0.05) is 54.6 Å². The minimum absolute atomic E-state index is 0.0911. The number of nitro benzene ring substituents is 1. The van der Waals surface area contributed by atoms with Crippen LogP contribution in [0.1, 0.15) is 22.3 Å². The normalized spacial score (nSPS) is 10.9. The molecule has 0 saturated carbocycles. The number of imidazole rings is 1. The third kappa shape index (κ3) is 3.70. The molecule has 7 nitrogen and oxygen atoms in total. The molecule has 0 bridgehead atoms. The number of Topliss-reactive ketones (excluding diaryl/α,β-unsaturated/α-hetero) is 1. The molecule has 0 amide bonds. The van der Waals surface area contributed by atoms with Crippen LogP contribution in [-0.4, -0.2) is 25.6 Å². The van der Waals surface area contributed by atoms with E-state index in [1.54, 1.807) is 0 Å². The van der Waals surface area contributed by atoms with Crippen LogP contribution in [0.4, 0.5) is 5.69 Å². The molecule has 144 valence electrons. The maximum Gasteiger partial charge on any atom is 0.271 e. The summed E-state index contributed by atoms with van der Waals surface area (Å²) in [4.78, 5) is 27.0. The van der Waals surface area contributed by atoms with E-state index in [0.29, 0.717) is 35.3 Å². The molecule has 0 atom stereocenters. The highest BCUT2D eigenvalue weighted by Crippen LogP contribution is 2.26. The van der Waals surface area contributed by atoms with Gasteiger partial charge in [-0.25, -0.2) is 4.98 Å². The smallest absolute Gasteiger partial charge is 0.271 e. The van der Waals surface area contributed by atoms with Crippen molar-refractivity contribution in [3.63, 3.8) is 0 Å². The molecular weight excluding hydrogens is 370 g/mol. The lowest BCUT2D eigenvalue weighted by Gasteiger charge is -2.04. The van der Waals surface area contributed by atoms with E-state index in [4.69, 9.17) is 0 Å². The number of carbonyl (C=O) groups excluding carboxylic acids is 1. The van der Waals surface area contributed by atoms with Crippen molar-refractivity contribution < 1.29 is 14.9 Å². The Morgan fingerprint density at radius 3 is 2.45 bits per heavy atom. The molecule has 0 unspecified atom stereocenters. The number of aromatic nitrogens is 2. The minimum Gasteiger partial charge on any atom is -0.426 e. The van der Waals surface area contributed by atoms with E-state index in [1.807, 2.05) is 54.6 Å². The van der Waals surface area contributed by atoms with Crippen molar-refractivity contribution in [3.8, 4) is 11.4 Å². The first-order chi connectivity index (χ1) is 14.0. The second-order valence-corrected chi connectivity index (χ2v) is 6.66. The Bertz CT molecular complexity index is 1200.